The van der Waals surface area contributed by atoms with Crippen molar-refractivity contribution in [3.05, 3.63) is 18.2 Å². The molecule has 1 heterocycles. The second-order valence-corrected chi connectivity index (χ2v) is 5.19. The molecule has 0 amide bonds. The SMILES string of the molecule is COc1ccc(OC)c(N2CCNS2(=O)=O)c1. The third kappa shape index (κ3) is 2.16. The van der Waals surface area contributed by atoms with Gasteiger partial charge in [-0.1, -0.05) is 0 Å². The molecule has 1 fully saturated rings. The van der Waals surface area contributed by atoms with Gasteiger partial charge in [0.05, 0.1) is 19.9 Å². The molecule has 7 heteroatoms. The third-order valence-electron chi connectivity index (χ3n) is 2.54. The molecule has 6 nitrogen and oxygen atoms in total. The van der Waals surface area contributed by atoms with Crippen molar-refractivity contribution in [3.63, 3.8) is 0 Å². The number of nitrogens with zero attached hydrogens (tertiary/aromatic N) is 1. The minimum atomic E-state index is -3.45. The average molecular weight is 258 g/mol. The number of hydrogen-bond donors (Lipinski definition) is 1. The van der Waals surface area contributed by atoms with Gasteiger partial charge in [-0.05, 0) is 12.1 Å². The van der Waals surface area contributed by atoms with Crippen molar-refractivity contribution in [2.75, 3.05) is 31.6 Å². The van der Waals surface area contributed by atoms with E-state index in [1.54, 1.807) is 18.2 Å². The van der Waals surface area contributed by atoms with Crippen LogP contribution < -0.4 is 18.5 Å². The van der Waals surface area contributed by atoms with Crippen LogP contribution in [0.2, 0.25) is 0 Å². The van der Waals surface area contributed by atoms with Crippen LogP contribution in [0.15, 0.2) is 18.2 Å². The van der Waals surface area contributed by atoms with Crippen LogP contribution in [-0.4, -0.2) is 35.7 Å². The summed E-state index contributed by atoms with van der Waals surface area (Å²) in [5, 5.41) is 0. The van der Waals surface area contributed by atoms with Crippen LogP contribution in [-0.2, 0) is 10.2 Å². The van der Waals surface area contributed by atoms with E-state index in [-0.39, 0.29) is 0 Å². The summed E-state index contributed by atoms with van der Waals surface area (Å²) in [6.07, 6.45) is 0. The molecule has 0 unspecified atom stereocenters. The van der Waals surface area contributed by atoms with E-state index in [2.05, 4.69) is 4.72 Å². The molecule has 2 rings (SSSR count). The first-order valence-corrected chi connectivity index (χ1v) is 6.52. The molecule has 0 bridgehead atoms. The number of ether oxygens (including phenoxy) is 2. The first-order chi connectivity index (χ1) is 8.08. The van der Waals surface area contributed by atoms with Gasteiger partial charge in [-0.2, -0.15) is 13.1 Å². The fraction of sp³-hybridized carbons (Fsp3) is 0.400. The number of anilines is 1. The van der Waals surface area contributed by atoms with Gasteiger partial charge in [-0.25, -0.2) is 0 Å². The molecule has 0 aliphatic carbocycles. The lowest BCUT2D eigenvalue weighted by Gasteiger charge is -2.19. The zero-order valence-electron chi connectivity index (χ0n) is 9.63. The summed E-state index contributed by atoms with van der Waals surface area (Å²) in [5.41, 5.74) is 0.483. The van der Waals surface area contributed by atoms with Gasteiger partial charge in [-0.15, -0.1) is 0 Å². The monoisotopic (exact) mass is 258 g/mol. The van der Waals surface area contributed by atoms with E-state index in [1.165, 1.54) is 18.5 Å². The van der Waals surface area contributed by atoms with Gasteiger partial charge < -0.3 is 9.47 Å². The van der Waals surface area contributed by atoms with Crippen LogP contribution in [0.5, 0.6) is 11.5 Å². The molecule has 0 atom stereocenters. The van der Waals surface area contributed by atoms with Gasteiger partial charge in [0.1, 0.15) is 11.5 Å². The Morgan fingerprint density at radius 2 is 2.06 bits per heavy atom. The highest BCUT2D eigenvalue weighted by molar-refractivity contribution is 7.91. The molecule has 0 radical (unpaired) electrons. The predicted octanol–water partition coefficient (Wildman–Crippen LogP) is 0.358. The Bertz CT molecular complexity index is 515. The summed E-state index contributed by atoms with van der Waals surface area (Å²) in [6, 6.07) is 5.05. The van der Waals surface area contributed by atoms with Crippen molar-refractivity contribution < 1.29 is 17.9 Å². The second kappa shape index (κ2) is 4.42. The summed E-state index contributed by atoms with van der Waals surface area (Å²) in [6.45, 7) is 0.772. The maximum atomic E-state index is 11.7. The zero-order valence-corrected chi connectivity index (χ0v) is 10.5. The van der Waals surface area contributed by atoms with Gasteiger partial charge in [0.25, 0.3) is 0 Å². The molecule has 94 valence electrons. The maximum Gasteiger partial charge on any atom is 0.301 e. The van der Waals surface area contributed by atoms with Crippen molar-refractivity contribution >= 4 is 15.9 Å². The van der Waals surface area contributed by atoms with Crippen LogP contribution in [0.25, 0.3) is 0 Å². The van der Waals surface area contributed by atoms with Gasteiger partial charge in [0, 0.05) is 19.2 Å². The summed E-state index contributed by atoms with van der Waals surface area (Å²) in [5.74, 6) is 1.08. The van der Waals surface area contributed by atoms with Crippen LogP contribution in [0.4, 0.5) is 5.69 Å². The molecule has 1 saturated heterocycles. The molecule has 1 aliphatic heterocycles. The molecule has 1 aromatic rings. The lowest BCUT2D eigenvalue weighted by Crippen LogP contribution is -2.29. The van der Waals surface area contributed by atoms with Crippen LogP contribution >= 0.6 is 0 Å². The molecular weight excluding hydrogens is 244 g/mol. The maximum absolute atomic E-state index is 11.7. The Morgan fingerprint density at radius 1 is 1.29 bits per heavy atom. The predicted molar refractivity (Wildman–Crippen MR) is 63.8 cm³/mol. The third-order valence-corrected chi connectivity index (χ3v) is 4.07. The smallest absolute Gasteiger partial charge is 0.301 e. The van der Waals surface area contributed by atoms with Gasteiger partial charge >= 0.3 is 10.2 Å². The van der Waals surface area contributed by atoms with E-state index in [9.17, 15) is 8.42 Å². The van der Waals surface area contributed by atoms with E-state index in [4.69, 9.17) is 9.47 Å². The van der Waals surface area contributed by atoms with Crippen molar-refractivity contribution in [2.24, 2.45) is 0 Å². The number of methoxy groups -OCH3 is 2. The number of hydrogen-bond acceptors (Lipinski definition) is 4. The van der Waals surface area contributed by atoms with Crippen molar-refractivity contribution in [1.29, 1.82) is 0 Å². The van der Waals surface area contributed by atoms with Crippen molar-refractivity contribution in [3.8, 4) is 11.5 Å². The second-order valence-electron chi connectivity index (χ2n) is 3.51. The van der Waals surface area contributed by atoms with Crippen molar-refractivity contribution in [1.82, 2.24) is 4.72 Å². The largest absolute Gasteiger partial charge is 0.497 e. The van der Waals surface area contributed by atoms with E-state index >= 15 is 0 Å². The Labute approximate surface area is 100 Å². The standard InChI is InChI=1S/C10H14N2O4S/c1-15-8-3-4-10(16-2)9(7-8)12-6-5-11-17(12,13)14/h3-4,7,11H,5-6H2,1-2H3. The molecule has 1 aliphatic rings. The molecule has 1 aromatic carbocycles. The molecule has 0 saturated carbocycles. The summed E-state index contributed by atoms with van der Waals surface area (Å²) in [7, 11) is -0.418. The summed E-state index contributed by atoms with van der Waals surface area (Å²) >= 11 is 0. The average Bonchev–Trinajstić information content (AvgIpc) is 2.68. The highest BCUT2D eigenvalue weighted by atomic mass is 32.2. The molecule has 0 spiro atoms. The fourth-order valence-corrected chi connectivity index (χ4v) is 2.95. The topological polar surface area (TPSA) is 67.9 Å². The Morgan fingerprint density at radius 3 is 2.59 bits per heavy atom. The normalized spacial score (nSPS) is 18.1. The van der Waals surface area contributed by atoms with Gasteiger partial charge in [-0.3, -0.25) is 4.31 Å². The zero-order chi connectivity index (χ0) is 12.5. The quantitative estimate of drug-likeness (QED) is 0.850. The Balaban J connectivity index is 2.49. The van der Waals surface area contributed by atoms with Crippen molar-refractivity contribution in [2.45, 2.75) is 0 Å². The van der Waals surface area contributed by atoms with Crippen LogP contribution in [0.1, 0.15) is 0 Å². The van der Waals surface area contributed by atoms with Gasteiger partial charge in [0.15, 0.2) is 0 Å². The summed E-state index contributed by atoms with van der Waals surface area (Å²) in [4.78, 5) is 0. The van der Waals surface area contributed by atoms with Crippen LogP contribution in [0.3, 0.4) is 0 Å². The van der Waals surface area contributed by atoms with E-state index in [0.29, 0.717) is 30.3 Å². The van der Waals surface area contributed by atoms with E-state index in [1.807, 2.05) is 0 Å². The highest BCUT2D eigenvalue weighted by Gasteiger charge is 2.30. The molecular formula is C10H14N2O4S. The van der Waals surface area contributed by atoms with E-state index < -0.39 is 10.2 Å². The summed E-state index contributed by atoms with van der Waals surface area (Å²) < 4.78 is 37.4. The number of rotatable bonds is 3. The molecule has 0 aromatic heterocycles. The van der Waals surface area contributed by atoms with Gasteiger partial charge in [0.2, 0.25) is 0 Å². The minimum absolute atomic E-state index is 0.381. The lowest BCUT2D eigenvalue weighted by atomic mass is 10.2. The van der Waals surface area contributed by atoms with E-state index in [0.717, 1.165) is 0 Å². The first-order valence-electron chi connectivity index (χ1n) is 5.08. The Hall–Kier alpha value is -1.47. The number of benzene rings is 1. The fourth-order valence-electron chi connectivity index (χ4n) is 1.72. The van der Waals surface area contributed by atoms with Crippen LogP contribution in [0, 0.1) is 0 Å². The lowest BCUT2D eigenvalue weighted by molar-refractivity contribution is 0.404. The Kier molecular flexibility index (Phi) is 3.12. The highest BCUT2D eigenvalue weighted by Crippen LogP contribution is 2.34. The minimum Gasteiger partial charge on any atom is -0.497 e. The molecule has 17 heavy (non-hydrogen) atoms. The number of nitrogens with one attached hydrogen (secondary N) is 1. The molecule has 1 N–H and O–H groups in total. The first kappa shape index (κ1) is 12.0.